The standard InChI is InChI=1S/C17H15NO2/c1-12(13-7-3-2-4-8-13)18-15-11-17(19)20-16-10-6-5-9-14(15)16/h2-12,18H,1H3/t12-/m0/s1. The first-order valence-corrected chi connectivity index (χ1v) is 6.58. The fourth-order valence-electron chi connectivity index (χ4n) is 2.29. The molecule has 0 unspecified atom stereocenters. The number of fused-ring (bicyclic) bond motifs is 1. The van der Waals surface area contributed by atoms with Gasteiger partial charge in [0.1, 0.15) is 5.58 Å². The molecule has 0 spiro atoms. The highest BCUT2D eigenvalue weighted by atomic mass is 16.4. The second-order valence-electron chi connectivity index (χ2n) is 4.75. The van der Waals surface area contributed by atoms with Crippen molar-refractivity contribution in [3.8, 4) is 0 Å². The van der Waals surface area contributed by atoms with Gasteiger partial charge in [-0.25, -0.2) is 4.79 Å². The van der Waals surface area contributed by atoms with Crippen LogP contribution in [0, 0.1) is 0 Å². The normalized spacial score (nSPS) is 12.2. The van der Waals surface area contributed by atoms with Gasteiger partial charge in [-0.3, -0.25) is 0 Å². The molecular formula is C17H15NO2. The third-order valence-electron chi connectivity index (χ3n) is 3.32. The Morgan fingerprint density at radius 3 is 2.50 bits per heavy atom. The van der Waals surface area contributed by atoms with Crippen molar-refractivity contribution in [1.82, 2.24) is 0 Å². The first-order chi connectivity index (χ1) is 9.74. The molecule has 1 aromatic heterocycles. The molecule has 2 aromatic carbocycles. The predicted molar refractivity (Wildman–Crippen MR) is 81.0 cm³/mol. The van der Waals surface area contributed by atoms with Crippen molar-refractivity contribution in [2.24, 2.45) is 0 Å². The third kappa shape index (κ3) is 2.43. The largest absolute Gasteiger partial charge is 0.423 e. The van der Waals surface area contributed by atoms with Crippen molar-refractivity contribution in [3.05, 3.63) is 76.6 Å². The fourth-order valence-corrected chi connectivity index (χ4v) is 2.29. The first kappa shape index (κ1) is 12.5. The van der Waals surface area contributed by atoms with Gasteiger partial charge in [-0.2, -0.15) is 0 Å². The van der Waals surface area contributed by atoms with Crippen molar-refractivity contribution >= 4 is 16.7 Å². The highest BCUT2D eigenvalue weighted by molar-refractivity contribution is 5.89. The number of para-hydroxylation sites is 1. The van der Waals surface area contributed by atoms with Crippen LogP contribution in [0.3, 0.4) is 0 Å². The van der Waals surface area contributed by atoms with Gasteiger partial charge in [0.15, 0.2) is 0 Å². The summed E-state index contributed by atoms with van der Waals surface area (Å²) in [5, 5.41) is 4.29. The zero-order chi connectivity index (χ0) is 13.9. The quantitative estimate of drug-likeness (QED) is 0.729. The molecule has 0 aliphatic rings. The molecule has 1 heterocycles. The Kier molecular flexibility index (Phi) is 3.25. The Bertz CT molecular complexity index is 778. The van der Waals surface area contributed by atoms with Gasteiger partial charge in [-0.1, -0.05) is 42.5 Å². The third-order valence-corrected chi connectivity index (χ3v) is 3.32. The van der Waals surface area contributed by atoms with Gasteiger partial charge in [-0.05, 0) is 24.6 Å². The summed E-state index contributed by atoms with van der Waals surface area (Å²) in [4.78, 5) is 11.6. The maximum atomic E-state index is 11.6. The van der Waals surface area contributed by atoms with E-state index in [1.54, 1.807) is 6.07 Å². The maximum Gasteiger partial charge on any atom is 0.338 e. The lowest BCUT2D eigenvalue weighted by molar-refractivity contribution is 0.561. The molecule has 3 heteroatoms. The van der Waals surface area contributed by atoms with Crippen LogP contribution in [0.5, 0.6) is 0 Å². The van der Waals surface area contributed by atoms with Crippen LogP contribution in [0.25, 0.3) is 11.0 Å². The van der Waals surface area contributed by atoms with E-state index in [1.165, 1.54) is 11.6 Å². The van der Waals surface area contributed by atoms with Crippen molar-refractivity contribution in [2.75, 3.05) is 5.32 Å². The van der Waals surface area contributed by atoms with Crippen LogP contribution in [0.4, 0.5) is 5.69 Å². The lowest BCUT2D eigenvalue weighted by Crippen LogP contribution is -2.09. The van der Waals surface area contributed by atoms with E-state index in [-0.39, 0.29) is 11.7 Å². The van der Waals surface area contributed by atoms with E-state index >= 15 is 0 Å². The molecule has 1 atom stereocenters. The lowest BCUT2D eigenvalue weighted by atomic mass is 10.1. The summed E-state index contributed by atoms with van der Waals surface area (Å²) in [7, 11) is 0. The number of anilines is 1. The van der Waals surface area contributed by atoms with Crippen LogP contribution in [-0.4, -0.2) is 0 Å². The highest BCUT2D eigenvalue weighted by Crippen LogP contribution is 2.25. The van der Waals surface area contributed by atoms with Gasteiger partial charge in [0, 0.05) is 17.5 Å². The van der Waals surface area contributed by atoms with Gasteiger partial charge in [-0.15, -0.1) is 0 Å². The van der Waals surface area contributed by atoms with Crippen molar-refractivity contribution in [2.45, 2.75) is 13.0 Å². The molecule has 0 fully saturated rings. The van der Waals surface area contributed by atoms with E-state index in [0.29, 0.717) is 5.58 Å². The molecule has 1 N–H and O–H groups in total. The minimum atomic E-state index is -0.341. The van der Waals surface area contributed by atoms with E-state index in [9.17, 15) is 4.79 Å². The maximum absolute atomic E-state index is 11.6. The Balaban J connectivity index is 2.01. The van der Waals surface area contributed by atoms with Gasteiger partial charge in [0.25, 0.3) is 0 Å². The van der Waals surface area contributed by atoms with E-state index < -0.39 is 0 Å². The predicted octanol–water partition coefficient (Wildman–Crippen LogP) is 3.97. The number of benzene rings is 2. The van der Waals surface area contributed by atoms with E-state index in [4.69, 9.17) is 4.42 Å². The van der Waals surface area contributed by atoms with E-state index in [0.717, 1.165) is 11.1 Å². The number of hydrogen-bond donors (Lipinski definition) is 1. The summed E-state index contributed by atoms with van der Waals surface area (Å²) in [6.07, 6.45) is 0. The fraction of sp³-hybridized carbons (Fsp3) is 0.118. The summed E-state index contributed by atoms with van der Waals surface area (Å²) in [6, 6.07) is 19.3. The topological polar surface area (TPSA) is 42.2 Å². The number of rotatable bonds is 3. The molecular weight excluding hydrogens is 250 g/mol. The highest BCUT2D eigenvalue weighted by Gasteiger charge is 2.09. The van der Waals surface area contributed by atoms with Crippen LogP contribution in [0.15, 0.2) is 69.9 Å². The van der Waals surface area contributed by atoms with Gasteiger partial charge >= 0.3 is 5.63 Å². The molecule has 100 valence electrons. The average molecular weight is 265 g/mol. The van der Waals surface area contributed by atoms with Crippen molar-refractivity contribution in [1.29, 1.82) is 0 Å². The summed E-state index contributed by atoms with van der Waals surface area (Å²) >= 11 is 0. The second-order valence-corrected chi connectivity index (χ2v) is 4.75. The summed E-state index contributed by atoms with van der Waals surface area (Å²) in [6.45, 7) is 2.07. The van der Waals surface area contributed by atoms with Gasteiger partial charge in [0.2, 0.25) is 0 Å². The summed E-state index contributed by atoms with van der Waals surface area (Å²) in [5.74, 6) is 0. The molecule has 0 aliphatic carbocycles. The zero-order valence-electron chi connectivity index (χ0n) is 11.2. The Hall–Kier alpha value is -2.55. The van der Waals surface area contributed by atoms with Crippen LogP contribution < -0.4 is 10.9 Å². The molecule has 20 heavy (non-hydrogen) atoms. The van der Waals surface area contributed by atoms with Crippen molar-refractivity contribution < 1.29 is 4.42 Å². The Labute approximate surface area is 116 Å². The van der Waals surface area contributed by atoms with E-state index in [2.05, 4.69) is 24.4 Å². The number of nitrogens with one attached hydrogen (secondary N) is 1. The van der Waals surface area contributed by atoms with Crippen molar-refractivity contribution in [3.63, 3.8) is 0 Å². The zero-order valence-corrected chi connectivity index (χ0v) is 11.2. The minimum absolute atomic E-state index is 0.112. The molecule has 3 aromatic rings. The van der Waals surface area contributed by atoms with E-state index in [1.807, 2.05) is 36.4 Å². The molecule has 0 bridgehead atoms. The molecule has 0 saturated carbocycles. The first-order valence-electron chi connectivity index (χ1n) is 6.58. The lowest BCUT2D eigenvalue weighted by Gasteiger charge is -2.16. The van der Waals surface area contributed by atoms with Crippen LogP contribution >= 0.6 is 0 Å². The number of hydrogen-bond acceptors (Lipinski definition) is 3. The van der Waals surface area contributed by atoms with Gasteiger partial charge < -0.3 is 9.73 Å². The van der Waals surface area contributed by atoms with Gasteiger partial charge in [0.05, 0.1) is 5.69 Å². The smallest absolute Gasteiger partial charge is 0.338 e. The Morgan fingerprint density at radius 1 is 1.00 bits per heavy atom. The SMILES string of the molecule is C[C@H](Nc1cc(=O)oc2ccccc12)c1ccccc1. The van der Waals surface area contributed by atoms with Crippen LogP contribution in [0.1, 0.15) is 18.5 Å². The molecule has 0 saturated heterocycles. The average Bonchev–Trinajstić information content (AvgIpc) is 2.48. The molecule has 3 rings (SSSR count). The molecule has 0 aliphatic heterocycles. The summed E-state index contributed by atoms with van der Waals surface area (Å²) < 4.78 is 5.19. The van der Waals surface area contributed by atoms with Crippen LogP contribution in [-0.2, 0) is 0 Å². The molecule has 0 radical (unpaired) electrons. The summed E-state index contributed by atoms with van der Waals surface area (Å²) in [5.41, 5.74) is 2.23. The monoisotopic (exact) mass is 265 g/mol. The Morgan fingerprint density at radius 2 is 1.70 bits per heavy atom. The molecule has 0 amide bonds. The minimum Gasteiger partial charge on any atom is -0.423 e. The molecule has 3 nitrogen and oxygen atoms in total. The second kappa shape index (κ2) is 5.21. The van der Waals surface area contributed by atoms with Crippen LogP contribution in [0.2, 0.25) is 0 Å².